The number of hydrogen-bond acceptors (Lipinski definition) is 7. The van der Waals surface area contributed by atoms with Gasteiger partial charge in [-0.25, -0.2) is 4.98 Å². The molecule has 0 spiro atoms. The third-order valence-electron chi connectivity index (χ3n) is 6.23. The third-order valence-corrected chi connectivity index (χ3v) is 7.04. The highest BCUT2D eigenvalue weighted by molar-refractivity contribution is 7.13. The maximum absolute atomic E-state index is 12.8. The highest BCUT2D eigenvalue weighted by Gasteiger charge is 2.20. The van der Waals surface area contributed by atoms with Crippen LogP contribution in [-0.4, -0.2) is 85.0 Å². The van der Waals surface area contributed by atoms with Crippen LogP contribution < -0.4 is 10.6 Å². The van der Waals surface area contributed by atoms with Gasteiger partial charge in [-0.1, -0.05) is 24.6 Å². The number of rotatable bonds is 13. The summed E-state index contributed by atoms with van der Waals surface area (Å²) in [6, 6.07) is 9.45. The molecule has 1 aliphatic heterocycles. The molecule has 0 radical (unpaired) electrons. The molecule has 2 aromatic rings. The monoisotopic (exact) mass is 515 g/mol. The van der Waals surface area contributed by atoms with E-state index >= 15 is 0 Å². The summed E-state index contributed by atoms with van der Waals surface area (Å²) in [6.45, 7) is 5.55. The molecular weight excluding hydrogens is 478 g/mol. The van der Waals surface area contributed by atoms with Crippen molar-refractivity contribution in [1.82, 2.24) is 20.1 Å². The Labute approximate surface area is 217 Å². The number of hydrogen-bond donors (Lipinski definition) is 2. The first-order valence-electron chi connectivity index (χ1n) is 12.5. The summed E-state index contributed by atoms with van der Waals surface area (Å²) < 4.78 is 5.09. The summed E-state index contributed by atoms with van der Waals surface area (Å²) in [5.41, 5.74) is 1.11. The molecule has 1 atom stereocenters. The normalized spacial score (nSPS) is 15.9. The number of anilines is 1. The molecule has 1 unspecified atom stereocenters. The van der Waals surface area contributed by atoms with Gasteiger partial charge >= 0.3 is 0 Å². The Morgan fingerprint density at radius 3 is 2.75 bits per heavy atom. The fraction of sp³-hybridized carbons (Fsp3) is 0.538. The quantitative estimate of drug-likeness (QED) is 0.398. The molecule has 2 heterocycles. The van der Waals surface area contributed by atoms with E-state index in [4.69, 9.17) is 4.74 Å². The van der Waals surface area contributed by atoms with Crippen LogP contribution in [0.4, 0.5) is 5.13 Å². The average Bonchev–Trinajstić information content (AvgIpc) is 3.31. The highest BCUT2D eigenvalue weighted by Crippen LogP contribution is 2.17. The number of piperidine rings is 1. The number of likely N-dealkylation sites (tertiary alicyclic amines) is 1. The van der Waals surface area contributed by atoms with Crippen molar-refractivity contribution < 1.29 is 19.1 Å². The van der Waals surface area contributed by atoms with Crippen LogP contribution in [0.3, 0.4) is 0 Å². The van der Waals surface area contributed by atoms with Crippen LogP contribution >= 0.6 is 11.3 Å². The SMILES string of the molecule is COCCN(CC(=O)Nc1nc(CC(=O)NCCCN2CCCCC2C)cs1)C(=O)c1ccccc1. The fourth-order valence-electron chi connectivity index (χ4n) is 4.22. The summed E-state index contributed by atoms with van der Waals surface area (Å²) in [7, 11) is 1.55. The number of thiazole rings is 1. The van der Waals surface area contributed by atoms with Crippen LogP contribution in [0.15, 0.2) is 35.7 Å². The second kappa shape index (κ2) is 14.7. The molecule has 3 amide bonds. The van der Waals surface area contributed by atoms with Crippen LogP contribution in [0.2, 0.25) is 0 Å². The standard InChI is InChI=1S/C26H37N5O4S/c1-20-9-6-7-13-30(20)14-8-12-27-23(32)17-22-19-36-26(28-22)29-24(33)18-31(15-16-35-2)25(34)21-10-4-3-5-11-21/h3-5,10-11,19-20H,6-9,12-18H2,1-2H3,(H,27,32)(H,28,29,33). The van der Waals surface area contributed by atoms with Gasteiger partial charge in [0, 0.05) is 43.7 Å². The van der Waals surface area contributed by atoms with Gasteiger partial charge in [-0.15, -0.1) is 11.3 Å². The van der Waals surface area contributed by atoms with Crippen molar-refractivity contribution in [2.45, 2.75) is 45.1 Å². The highest BCUT2D eigenvalue weighted by atomic mass is 32.1. The Bertz CT molecular complexity index is 984. The van der Waals surface area contributed by atoms with E-state index in [2.05, 4.69) is 27.4 Å². The minimum absolute atomic E-state index is 0.0796. The first kappa shape index (κ1) is 27.8. The van der Waals surface area contributed by atoms with Gasteiger partial charge in [-0.3, -0.25) is 14.4 Å². The number of amides is 3. The van der Waals surface area contributed by atoms with Crippen molar-refractivity contribution >= 4 is 34.2 Å². The van der Waals surface area contributed by atoms with Crippen molar-refractivity contribution in [2.24, 2.45) is 0 Å². The first-order valence-corrected chi connectivity index (χ1v) is 13.4. The van der Waals surface area contributed by atoms with Crippen molar-refractivity contribution in [2.75, 3.05) is 51.8 Å². The fourth-order valence-corrected chi connectivity index (χ4v) is 4.95. The lowest BCUT2D eigenvalue weighted by atomic mass is 10.0. The zero-order valence-corrected chi connectivity index (χ0v) is 22.0. The molecule has 1 aromatic carbocycles. The maximum Gasteiger partial charge on any atom is 0.254 e. The van der Waals surface area contributed by atoms with Crippen LogP contribution in [0.1, 0.15) is 48.7 Å². The van der Waals surface area contributed by atoms with Gasteiger partial charge in [0.15, 0.2) is 5.13 Å². The molecule has 1 aliphatic rings. The number of aromatic nitrogens is 1. The first-order chi connectivity index (χ1) is 17.5. The molecule has 10 heteroatoms. The van der Waals surface area contributed by atoms with E-state index in [1.807, 2.05) is 6.07 Å². The molecule has 1 saturated heterocycles. The lowest BCUT2D eigenvalue weighted by Crippen LogP contribution is -2.40. The Balaban J connectivity index is 1.42. The van der Waals surface area contributed by atoms with Crippen LogP contribution in [0.5, 0.6) is 0 Å². The van der Waals surface area contributed by atoms with Crippen LogP contribution in [-0.2, 0) is 20.7 Å². The van der Waals surface area contributed by atoms with Gasteiger partial charge in [-0.05, 0) is 44.9 Å². The van der Waals surface area contributed by atoms with Crippen LogP contribution in [0, 0.1) is 0 Å². The number of ether oxygens (including phenoxy) is 1. The molecule has 0 bridgehead atoms. The summed E-state index contributed by atoms with van der Waals surface area (Å²) in [5, 5.41) is 7.87. The maximum atomic E-state index is 12.8. The Kier molecular flexibility index (Phi) is 11.3. The smallest absolute Gasteiger partial charge is 0.254 e. The number of nitrogens with one attached hydrogen (secondary N) is 2. The van der Waals surface area contributed by atoms with Gasteiger partial charge in [0.05, 0.1) is 18.7 Å². The van der Waals surface area contributed by atoms with Gasteiger partial charge in [-0.2, -0.15) is 0 Å². The number of nitrogens with zero attached hydrogens (tertiary/aromatic N) is 3. The van der Waals surface area contributed by atoms with Crippen LogP contribution in [0.25, 0.3) is 0 Å². The van der Waals surface area contributed by atoms with Gasteiger partial charge in [0.1, 0.15) is 6.54 Å². The van der Waals surface area contributed by atoms with E-state index < -0.39 is 0 Å². The van der Waals surface area contributed by atoms with E-state index in [0.717, 1.165) is 19.5 Å². The summed E-state index contributed by atoms with van der Waals surface area (Å²) >= 11 is 1.26. The molecule has 36 heavy (non-hydrogen) atoms. The molecule has 1 aromatic heterocycles. The topological polar surface area (TPSA) is 104 Å². The minimum Gasteiger partial charge on any atom is -0.383 e. The summed E-state index contributed by atoms with van der Waals surface area (Å²) in [6.07, 6.45) is 4.91. The minimum atomic E-state index is -0.354. The summed E-state index contributed by atoms with van der Waals surface area (Å²) in [4.78, 5) is 46.0. The molecule has 1 fully saturated rings. The van der Waals surface area contributed by atoms with E-state index in [0.29, 0.717) is 35.6 Å². The average molecular weight is 516 g/mol. The molecule has 9 nitrogen and oxygen atoms in total. The predicted molar refractivity (Wildman–Crippen MR) is 141 cm³/mol. The zero-order valence-electron chi connectivity index (χ0n) is 21.2. The van der Waals surface area contributed by atoms with Crippen molar-refractivity contribution in [3.05, 3.63) is 47.0 Å². The van der Waals surface area contributed by atoms with E-state index in [9.17, 15) is 14.4 Å². The predicted octanol–water partition coefficient (Wildman–Crippen LogP) is 2.79. The lowest BCUT2D eigenvalue weighted by Gasteiger charge is -2.33. The second-order valence-electron chi connectivity index (χ2n) is 9.04. The Hall–Kier alpha value is -2.82. The third kappa shape index (κ3) is 9.00. The largest absolute Gasteiger partial charge is 0.383 e. The number of carbonyl (C=O) groups is 3. The number of benzene rings is 1. The van der Waals surface area contributed by atoms with Gasteiger partial charge < -0.3 is 25.2 Å². The molecule has 0 saturated carbocycles. The lowest BCUT2D eigenvalue weighted by molar-refractivity contribution is -0.120. The molecule has 0 aliphatic carbocycles. The Morgan fingerprint density at radius 1 is 1.19 bits per heavy atom. The molecule has 196 valence electrons. The number of methoxy groups -OCH3 is 1. The van der Waals surface area contributed by atoms with E-state index in [1.54, 1.807) is 36.8 Å². The van der Waals surface area contributed by atoms with Gasteiger partial charge in [0.25, 0.3) is 5.91 Å². The van der Waals surface area contributed by atoms with E-state index in [1.165, 1.54) is 35.5 Å². The molecule has 2 N–H and O–H groups in total. The number of carbonyl (C=O) groups excluding carboxylic acids is 3. The van der Waals surface area contributed by atoms with E-state index in [-0.39, 0.29) is 37.2 Å². The van der Waals surface area contributed by atoms with Crippen molar-refractivity contribution in [1.29, 1.82) is 0 Å². The van der Waals surface area contributed by atoms with Crippen molar-refractivity contribution in [3.63, 3.8) is 0 Å². The molecular formula is C26H37N5O4S. The van der Waals surface area contributed by atoms with Gasteiger partial charge in [0.2, 0.25) is 11.8 Å². The van der Waals surface area contributed by atoms with Crippen molar-refractivity contribution in [3.8, 4) is 0 Å². The summed E-state index contributed by atoms with van der Waals surface area (Å²) in [5.74, 6) is -0.675. The molecule has 3 rings (SSSR count). The zero-order chi connectivity index (χ0) is 25.8. The Morgan fingerprint density at radius 2 is 2.00 bits per heavy atom. The second-order valence-corrected chi connectivity index (χ2v) is 9.90.